The van der Waals surface area contributed by atoms with Crippen LogP contribution in [0.15, 0.2) is 24.9 Å². The second-order valence-electron chi connectivity index (χ2n) is 3.19. The Morgan fingerprint density at radius 3 is 2.57 bits per heavy atom. The van der Waals surface area contributed by atoms with Gasteiger partial charge in [0.2, 0.25) is 0 Å². The minimum Gasteiger partial charge on any atom is -0.303 e. The van der Waals surface area contributed by atoms with Crippen molar-refractivity contribution in [3.05, 3.63) is 30.6 Å². The van der Waals surface area contributed by atoms with Crippen molar-refractivity contribution in [1.29, 1.82) is 0 Å². The molecule has 14 heavy (non-hydrogen) atoms. The molecule has 0 aromatic carbocycles. The molecule has 76 valence electrons. The highest BCUT2D eigenvalue weighted by atomic mass is 15.0. The maximum absolute atomic E-state index is 4.32. The molecule has 0 N–H and O–H groups in total. The normalized spacial score (nSPS) is 10.1. The molecule has 0 saturated heterocycles. The molecule has 0 aliphatic rings. The zero-order valence-electron chi connectivity index (χ0n) is 9.23. The van der Waals surface area contributed by atoms with Gasteiger partial charge >= 0.3 is 0 Å². The van der Waals surface area contributed by atoms with Crippen molar-refractivity contribution in [3.63, 3.8) is 0 Å². The lowest BCUT2D eigenvalue weighted by atomic mass is 10.1. The molecule has 0 amide bonds. The van der Waals surface area contributed by atoms with Crippen molar-refractivity contribution in [3.8, 4) is 0 Å². The molecular weight excluding hydrogens is 174 g/mol. The molecule has 3 nitrogen and oxygen atoms in total. The Morgan fingerprint density at radius 1 is 1.21 bits per heavy atom. The van der Waals surface area contributed by atoms with Gasteiger partial charge in [0.1, 0.15) is 0 Å². The Hall–Kier alpha value is -1.38. The molecule has 3 heteroatoms. The largest absolute Gasteiger partial charge is 0.303 e. The third-order valence-electron chi connectivity index (χ3n) is 1.90. The van der Waals surface area contributed by atoms with E-state index in [1.807, 2.05) is 30.6 Å². The molecule has 0 atom stereocenters. The molecule has 2 heterocycles. The van der Waals surface area contributed by atoms with Gasteiger partial charge in [0.15, 0.2) is 0 Å². The molecule has 0 unspecified atom stereocenters. The summed E-state index contributed by atoms with van der Waals surface area (Å²) in [5.74, 6) is 0.469. The van der Waals surface area contributed by atoms with E-state index >= 15 is 0 Å². The molecule has 0 aliphatic heterocycles. The summed E-state index contributed by atoms with van der Waals surface area (Å²) in [5.41, 5.74) is 2.14. The van der Waals surface area contributed by atoms with Gasteiger partial charge in [-0.05, 0) is 5.92 Å². The van der Waals surface area contributed by atoms with Gasteiger partial charge in [-0.3, -0.25) is 4.98 Å². The average Bonchev–Trinajstić information content (AvgIpc) is 2.67. The molecule has 0 aliphatic carbocycles. The predicted molar refractivity (Wildman–Crippen MR) is 58.4 cm³/mol. The SMILES string of the molecule is CC.CC(C)c1cn2cncc2cn1. The van der Waals surface area contributed by atoms with Crippen molar-refractivity contribution in [1.82, 2.24) is 14.4 Å². The zero-order chi connectivity index (χ0) is 10.6. The monoisotopic (exact) mass is 191 g/mol. The van der Waals surface area contributed by atoms with Crippen LogP contribution in [-0.2, 0) is 0 Å². The summed E-state index contributed by atoms with van der Waals surface area (Å²) in [5, 5.41) is 0. The van der Waals surface area contributed by atoms with Crippen LogP contribution in [0.1, 0.15) is 39.3 Å². The van der Waals surface area contributed by atoms with Gasteiger partial charge in [-0.15, -0.1) is 0 Å². The van der Waals surface area contributed by atoms with Crippen LogP contribution in [0.5, 0.6) is 0 Å². The van der Waals surface area contributed by atoms with E-state index in [2.05, 4.69) is 23.8 Å². The maximum atomic E-state index is 4.32. The predicted octanol–water partition coefficient (Wildman–Crippen LogP) is 2.88. The summed E-state index contributed by atoms with van der Waals surface area (Å²) in [4.78, 5) is 8.34. The first-order valence-electron chi connectivity index (χ1n) is 5.05. The van der Waals surface area contributed by atoms with Gasteiger partial charge < -0.3 is 4.40 Å². The van der Waals surface area contributed by atoms with Crippen LogP contribution in [0.2, 0.25) is 0 Å². The smallest absolute Gasteiger partial charge is 0.0993 e. The first kappa shape index (κ1) is 10.7. The molecule has 0 fully saturated rings. The number of fused-ring (bicyclic) bond motifs is 1. The lowest BCUT2D eigenvalue weighted by Crippen LogP contribution is -1.95. The van der Waals surface area contributed by atoms with Gasteiger partial charge in [-0.2, -0.15) is 0 Å². The highest BCUT2D eigenvalue weighted by Crippen LogP contribution is 2.11. The van der Waals surface area contributed by atoms with Gasteiger partial charge in [0, 0.05) is 6.20 Å². The highest BCUT2D eigenvalue weighted by Gasteiger charge is 2.01. The molecular formula is C11H17N3. The Morgan fingerprint density at radius 2 is 1.93 bits per heavy atom. The lowest BCUT2D eigenvalue weighted by molar-refractivity contribution is 0.808. The second kappa shape index (κ2) is 4.74. The topological polar surface area (TPSA) is 30.2 Å². The van der Waals surface area contributed by atoms with E-state index in [0.29, 0.717) is 5.92 Å². The summed E-state index contributed by atoms with van der Waals surface area (Å²) in [6.45, 7) is 8.26. The van der Waals surface area contributed by atoms with Crippen LogP contribution in [0.4, 0.5) is 0 Å². The van der Waals surface area contributed by atoms with E-state index < -0.39 is 0 Å². The molecule has 0 saturated carbocycles. The zero-order valence-corrected chi connectivity index (χ0v) is 9.23. The number of aromatic nitrogens is 3. The van der Waals surface area contributed by atoms with E-state index in [-0.39, 0.29) is 0 Å². The van der Waals surface area contributed by atoms with E-state index in [9.17, 15) is 0 Å². The maximum Gasteiger partial charge on any atom is 0.0993 e. The Balaban J connectivity index is 0.000000461. The van der Waals surface area contributed by atoms with E-state index in [1.54, 1.807) is 12.5 Å². The fraction of sp³-hybridized carbons (Fsp3) is 0.455. The molecule has 0 bridgehead atoms. The molecule has 2 rings (SSSR count). The minimum absolute atomic E-state index is 0.469. The summed E-state index contributed by atoms with van der Waals surface area (Å²) in [6, 6.07) is 0. The van der Waals surface area contributed by atoms with E-state index in [4.69, 9.17) is 0 Å². The Labute approximate surface area is 84.8 Å². The Kier molecular flexibility index (Phi) is 3.63. The Bertz CT molecular complexity index is 390. The minimum atomic E-state index is 0.469. The average molecular weight is 191 g/mol. The van der Waals surface area contributed by atoms with Gasteiger partial charge in [0.25, 0.3) is 0 Å². The van der Waals surface area contributed by atoms with E-state index in [1.165, 1.54) is 0 Å². The van der Waals surface area contributed by atoms with Crippen LogP contribution in [0, 0.1) is 0 Å². The number of nitrogens with zero attached hydrogens (tertiary/aromatic N) is 3. The van der Waals surface area contributed by atoms with E-state index in [0.717, 1.165) is 11.2 Å². The van der Waals surface area contributed by atoms with Crippen molar-refractivity contribution < 1.29 is 0 Å². The molecule has 0 spiro atoms. The number of hydrogen-bond acceptors (Lipinski definition) is 2. The third kappa shape index (κ3) is 2.10. The number of hydrogen-bond donors (Lipinski definition) is 0. The van der Waals surface area contributed by atoms with Gasteiger partial charge in [-0.1, -0.05) is 27.7 Å². The van der Waals surface area contributed by atoms with Crippen LogP contribution < -0.4 is 0 Å². The van der Waals surface area contributed by atoms with Crippen LogP contribution in [0.3, 0.4) is 0 Å². The molecule has 0 radical (unpaired) electrons. The first-order chi connectivity index (χ1) is 6.77. The van der Waals surface area contributed by atoms with Crippen molar-refractivity contribution in [2.24, 2.45) is 0 Å². The quantitative estimate of drug-likeness (QED) is 0.693. The van der Waals surface area contributed by atoms with Gasteiger partial charge in [0.05, 0.1) is 29.9 Å². The fourth-order valence-corrected chi connectivity index (χ4v) is 1.14. The lowest BCUT2D eigenvalue weighted by Gasteiger charge is -2.03. The number of imidazole rings is 1. The van der Waals surface area contributed by atoms with Crippen molar-refractivity contribution >= 4 is 5.52 Å². The van der Waals surface area contributed by atoms with Crippen LogP contribution >= 0.6 is 0 Å². The fourth-order valence-electron chi connectivity index (χ4n) is 1.14. The summed E-state index contributed by atoms with van der Waals surface area (Å²) in [6.07, 6.45) is 7.47. The van der Waals surface area contributed by atoms with Crippen LogP contribution in [-0.4, -0.2) is 14.4 Å². The summed E-state index contributed by atoms with van der Waals surface area (Å²) in [7, 11) is 0. The third-order valence-corrected chi connectivity index (χ3v) is 1.90. The highest BCUT2D eigenvalue weighted by molar-refractivity contribution is 5.41. The second-order valence-corrected chi connectivity index (χ2v) is 3.19. The number of rotatable bonds is 1. The van der Waals surface area contributed by atoms with Crippen molar-refractivity contribution in [2.45, 2.75) is 33.6 Å². The van der Waals surface area contributed by atoms with Gasteiger partial charge in [-0.25, -0.2) is 4.98 Å². The summed E-state index contributed by atoms with van der Waals surface area (Å²) < 4.78 is 1.99. The molecule has 2 aromatic heterocycles. The molecule has 2 aromatic rings. The first-order valence-corrected chi connectivity index (χ1v) is 5.05. The standard InChI is InChI=1S/C9H11N3.C2H6/c1-7(2)9-5-12-6-10-3-8(12)4-11-9;1-2/h3-7H,1-2H3;1-2H3. The van der Waals surface area contributed by atoms with Crippen LogP contribution in [0.25, 0.3) is 5.52 Å². The summed E-state index contributed by atoms with van der Waals surface area (Å²) >= 11 is 0. The van der Waals surface area contributed by atoms with Crippen molar-refractivity contribution in [2.75, 3.05) is 0 Å².